The molecule has 70 valence electrons. The summed E-state index contributed by atoms with van der Waals surface area (Å²) >= 11 is 0. The van der Waals surface area contributed by atoms with Crippen molar-refractivity contribution in [2.24, 2.45) is 0 Å². The third-order valence-electron chi connectivity index (χ3n) is 2.56. The second-order valence-electron chi connectivity index (χ2n) is 3.84. The monoisotopic (exact) mass is 186 g/mol. The van der Waals surface area contributed by atoms with Crippen LogP contribution in [0.5, 0.6) is 0 Å². The summed E-state index contributed by atoms with van der Waals surface area (Å²) in [5, 5.41) is 0. The van der Waals surface area contributed by atoms with Crippen LogP contribution in [0.3, 0.4) is 0 Å². The molecule has 12 heavy (non-hydrogen) atoms. The van der Waals surface area contributed by atoms with Gasteiger partial charge in [0.25, 0.3) is 0 Å². The molecular formula is C9H18O2Si. The molecule has 0 radical (unpaired) electrons. The maximum absolute atomic E-state index is 11.1. The van der Waals surface area contributed by atoms with Crippen LogP contribution in [0.4, 0.5) is 0 Å². The lowest BCUT2D eigenvalue weighted by Gasteiger charge is -2.33. The number of hydrogen-bond donors (Lipinski definition) is 0. The highest BCUT2D eigenvalue weighted by atomic mass is 28.1. The van der Waals surface area contributed by atoms with Crippen LogP contribution in [-0.2, 0) is 9.53 Å². The van der Waals surface area contributed by atoms with E-state index in [9.17, 15) is 4.79 Å². The molecule has 0 spiro atoms. The van der Waals surface area contributed by atoms with Crippen LogP contribution in [0, 0.1) is 0 Å². The summed E-state index contributed by atoms with van der Waals surface area (Å²) in [6, 6.07) is 0.635. The Morgan fingerprint density at radius 1 is 1.42 bits per heavy atom. The molecule has 0 unspecified atom stereocenters. The molecule has 1 fully saturated rings. The Balaban J connectivity index is 2.41. The first-order valence-electron chi connectivity index (χ1n) is 4.88. The van der Waals surface area contributed by atoms with E-state index in [0.717, 1.165) is 23.1 Å². The molecule has 1 aliphatic rings. The minimum atomic E-state index is -0.125. The molecular weight excluding hydrogens is 168 g/mol. The number of carbonyl (C=O) groups is 1. The zero-order chi connectivity index (χ0) is 9.03. The van der Waals surface area contributed by atoms with Crippen LogP contribution in [0.25, 0.3) is 0 Å². The molecule has 3 heteroatoms. The SMILES string of the molecule is CC1(OC(=O)C[SiH3])CCCCC1. The van der Waals surface area contributed by atoms with Gasteiger partial charge in [-0.3, -0.25) is 4.79 Å². The highest BCUT2D eigenvalue weighted by Gasteiger charge is 2.29. The maximum atomic E-state index is 11.1. The minimum Gasteiger partial charge on any atom is -0.460 e. The normalized spacial score (nSPS) is 22.1. The van der Waals surface area contributed by atoms with Crippen LogP contribution in [0.2, 0.25) is 6.04 Å². The zero-order valence-electron chi connectivity index (χ0n) is 8.06. The average Bonchev–Trinajstić information content (AvgIpc) is 2.05. The molecule has 0 aromatic carbocycles. The number of rotatable bonds is 2. The summed E-state index contributed by atoms with van der Waals surface area (Å²) in [6.45, 7) is 2.07. The van der Waals surface area contributed by atoms with Gasteiger partial charge in [-0.05, 0) is 32.6 Å². The Bertz CT molecular complexity index is 162. The first-order valence-corrected chi connectivity index (χ1v) is 6.29. The third-order valence-corrected chi connectivity index (χ3v) is 3.14. The lowest BCUT2D eigenvalue weighted by atomic mass is 9.86. The van der Waals surface area contributed by atoms with Crippen molar-refractivity contribution in [1.29, 1.82) is 0 Å². The van der Waals surface area contributed by atoms with E-state index in [1.165, 1.54) is 19.3 Å². The van der Waals surface area contributed by atoms with E-state index in [1.54, 1.807) is 0 Å². The molecule has 1 rings (SSSR count). The molecule has 0 heterocycles. The van der Waals surface area contributed by atoms with Crippen molar-refractivity contribution in [1.82, 2.24) is 0 Å². The lowest BCUT2D eigenvalue weighted by Crippen LogP contribution is -2.33. The third kappa shape index (κ3) is 2.63. The standard InChI is InChI=1S/C9H18O2Si/c1-9(11-8(10)7-12)5-3-2-4-6-9/h2-7H2,1,12H3. The number of carbonyl (C=O) groups excluding carboxylic acids is 1. The van der Waals surface area contributed by atoms with Gasteiger partial charge in [0.2, 0.25) is 0 Å². The largest absolute Gasteiger partial charge is 0.460 e. The van der Waals surface area contributed by atoms with E-state index in [4.69, 9.17) is 4.74 Å². The van der Waals surface area contributed by atoms with Gasteiger partial charge in [-0.2, -0.15) is 0 Å². The topological polar surface area (TPSA) is 26.3 Å². The van der Waals surface area contributed by atoms with Crippen molar-refractivity contribution < 1.29 is 9.53 Å². The number of hydrogen-bond acceptors (Lipinski definition) is 2. The van der Waals surface area contributed by atoms with Gasteiger partial charge in [0, 0.05) is 16.3 Å². The second kappa shape index (κ2) is 4.08. The summed E-state index contributed by atoms with van der Waals surface area (Å²) in [4.78, 5) is 11.1. The Kier molecular flexibility index (Phi) is 3.32. The van der Waals surface area contributed by atoms with Crippen LogP contribution in [-0.4, -0.2) is 21.8 Å². The smallest absolute Gasteiger partial charge is 0.302 e. The molecule has 2 nitrogen and oxygen atoms in total. The second-order valence-corrected chi connectivity index (χ2v) is 4.55. The highest BCUT2D eigenvalue weighted by molar-refractivity contribution is 6.18. The quantitative estimate of drug-likeness (QED) is 0.476. The van der Waals surface area contributed by atoms with Gasteiger partial charge in [-0.25, -0.2) is 0 Å². The van der Waals surface area contributed by atoms with E-state index >= 15 is 0 Å². The van der Waals surface area contributed by atoms with E-state index in [-0.39, 0.29) is 11.6 Å². The molecule has 0 atom stereocenters. The van der Waals surface area contributed by atoms with E-state index < -0.39 is 0 Å². The van der Waals surface area contributed by atoms with Crippen LogP contribution in [0.15, 0.2) is 0 Å². The summed E-state index contributed by atoms with van der Waals surface area (Å²) in [6.07, 6.45) is 5.84. The predicted octanol–water partition coefficient (Wildman–Crippen LogP) is 1.04. The van der Waals surface area contributed by atoms with Crippen molar-refractivity contribution in [3.05, 3.63) is 0 Å². The summed E-state index contributed by atoms with van der Waals surface area (Å²) in [7, 11) is 0.916. The summed E-state index contributed by atoms with van der Waals surface area (Å²) < 4.78 is 5.42. The molecule has 0 N–H and O–H groups in total. The Morgan fingerprint density at radius 2 is 2.00 bits per heavy atom. The van der Waals surface area contributed by atoms with Crippen LogP contribution in [0.1, 0.15) is 39.0 Å². The van der Waals surface area contributed by atoms with Gasteiger partial charge in [0.05, 0.1) is 0 Å². The molecule has 0 aliphatic heterocycles. The highest BCUT2D eigenvalue weighted by Crippen LogP contribution is 2.31. The molecule has 0 amide bonds. The average molecular weight is 186 g/mol. The zero-order valence-corrected chi connectivity index (χ0v) is 10.1. The van der Waals surface area contributed by atoms with E-state index in [1.807, 2.05) is 0 Å². The fraction of sp³-hybridized carbons (Fsp3) is 0.889. The minimum absolute atomic E-state index is 0.00562. The van der Waals surface area contributed by atoms with Crippen molar-refractivity contribution >= 4 is 16.2 Å². The first-order chi connectivity index (χ1) is 5.66. The molecule has 1 aliphatic carbocycles. The Labute approximate surface area is 77.1 Å². The number of ether oxygens (including phenoxy) is 1. The van der Waals surface area contributed by atoms with Crippen molar-refractivity contribution in [2.75, 3.05) is 0 Å². The Hall–Kier alpha value is -0.313. The van der Waals surface area contributed by atoms with Gasteiger partial charge < -0.3 is 4.74 Å². The van der Waals surface area contributed by atoms with Crippen LogP contribution >= 0.6 is 0 Å². The Morgan fingerprint density at radius 3 is 2.50 bits per heavy atom. The molecule has 1 saturated carbocycles. The predicted molar refractivity (Wildman–Crippen MR) is 52.3 cm³/mol. The molecule has 0 saturated heterocycles. The van der Waals surface area contributed by atoms with E-state index in [2.05, 4.69) is 6.92 Å². The summed E-state index contributed by atoms with van der Waals surface area (Å²) in [5.41, 5.74) is -0.125. The first kappa shape index (κ1) is 9.77. The van der Waals surface area contributed by atoms with Crippen molar-refractivity contribution in [2.45, 2.75) is 50.7 Å². The van der Waals surface area contributed by atoms with Crippen molar-refractivity contribution in [3.63, 3.8) is 0 Å². The van der Waals surface area contributed by atoms with E-state index in [0.29, 0.717) is 6.04 Å². The maximum Gasteiger partial charge on any atom is 0.302 e. The van der Waals surface area contributed by atoms with Crippen LogP contribution < -0.4 is 0 Å². The molecule has 0 aromatic rings. The van der Waals surface area contributed by atoms with Gasteiger partial charge in [0.1, 0.15) is 5.60 Å². The van der Waals surface area contributed by atoms with Gasteiger partial charge in [0.15, 0.2) is 0 Å². The van der Waals surface area contributed by atoms with Crippen molar-refractivity contribution in [3.8, 4) is 0 Å². The van der Waals surface area contributed by atoms with Gasteiger partial charge in [-0.1, -0.05) is 6.42 Å². The van der Waals surface area contributed by atoms with Gasteiger partial charge >= 0.3 is 5.97 Å². The fourth-order valence-electron chi connectivity index (χ4n) is 1.75. The molecule has 0 bridgehead atoms. The lowest BCUT2D eigenvalue weighted by molar-refractivity contribution is -0.158. The van der Waals surface area contributed by atoms with Gasteiger partial charge in [-0.15, -0.1) is 0 Å². The number of esters is 1. The summed E-state index contributed by atoms with van der Waals surface area (Å²) in [5.74, 6) is 0.00562. The fourth-order valence-corrected chi connectivity index (χ4v) is 1.89. The molecule has 0 aromatic heterocycles.